The fraction of sp³-hybridized carbons (Fsp3) is 0.588. The Morgan fingerprint density at radius 3 is 2.81 bits per heavy atom. The molecule has 1 aromatic carbocycles. The van der Waals surface area contributed by atoms with Gasteiger partial charge in [-0.1, -0.05) is 26.2 Å². The molecule has 21 heavy (non-hydrogen) atoms. The van der Waals surface area contributed by atoms with Crippen LogP contribution < -0.4 is 9.47 Å². The van der Waals surface area contributed by atoms with Crippen LogP contribution in [0.25, 0.3) is 0 Å². The molecule has 1 N–H and O–H groups in total. The molecule has 0 bridgehead atoms. The smallest absolute Gasteiger partial charge is 0.335 e. The minimum absolute atomic E-state index is 0.220. The summed E-state index contributed by atoms with van der Waals surface area (Å²) in [5.41, 5.74) is 0.220. The molecule has 0 heterocycles. The monoisotopic (exact) mass is 292 g/mol. The van der Waals surface area contributed by atoms with Crippen molar-refractivity contribution in [2.75, 3.05) is 13.7 Å². The summed E-state index contributed by atoms with van der Waals surface area (Å²) in [5.74, 6) is 1.68. The molecular weight excluding hydrogens is 268 g/mol. The third kappa shape index (κ3) is 4.38. The van der Waals surface area contributed by atoms with Crippen molar-refractivity contribution in [3.05, 3.63) is 23.8 Å². The lowest BCUT2D eigenvalue weighted by Gasteiger charge is -2.26. The van der Waals surface area contributed by atoms with Gasteiger partial charge in [-0.2, -0.15) is 0 Å². The van der Waals surface area contributed by atoms with Gasteiger partial charge in [0.15, 0.2) is 11.5 Å². The number of carbonyl (C=O) groups is 1. The van der Waals surface area contributed by atoms with E-state index in [1.165, 1.54) is 37.8 Å². The van der Waals surface area contributed by atoms with E-state index in [9.17, 15) is 4.79 Å². The Bertz CT molecular complexity index is 484. The van der Waals surface area contributed by atoms with Crippen LogP contribution in [0.2, 0.25) is 0 Å². The van der Waals surface area contributed by atoms with Gasteiger partial charge >= 0.3 is 5.97 Å². The van der Waals surface area contributed by atoms with Crippen molar-refractivity contribution in [2.24, 2.45) is 11.8 Å². The van der Waals surface area contributed by atoms with E-state index in [4.69, 9.17) is 14.6 Å². The summed E-state index contributed by atoms with van der Waals surface area (Å²) in [4.78, 5) is 11.0. The van der Waals surface area contributed by atoms with Gasteiger partial charge in [-0.05, 0) is 42.9 Å². The minimum Gasteiger partial charge on any atom is -0.493 e. The van der Waals surface area contributed by atoms with E-state index in [1.807, 2.05) is 0 Å². The molecule has 1 aromatic rings. The normalized spacial score (nSPS) is 21.8. The van der Waals surface area contributed by atoms with Crippen LogP contribution in [0, 0.1) is 11.8 Å². The lowest BCUT2D eigenvalue weighted by atomic mass is 9.81. The maximum atomic E-state index is 11.0. The summed E-state index contributed by atoms with van der Waals surface area (Å²) in [6.07, 6.45) is 6.22. The minimum atomic E-state index is -0.955. The predicted octanol–water partition coefficient (Wildman–Crippen LogP) is 3.99. The Morgan fingerprint density at radius 2 is 2.14 bits per heavy atom. The number of hydrogen-bond donors (Lipinski definition) is 1. The molecule has 116 valence electrons. The standard InChI is InChI=1S/C17H24O4/c1-12-4-3-5-13(10-12)8-9-21-16-11-14(17(18)19)6-7-15(16)20-2/h6-7,11-13H,3-5,8-10H2,1-2H3,(H,18,19). The van der Waals surface area contributed by atoms with Crippen LogP contribution in [-0.2, 0) is 0 Å². The highest BCUT2D eigenvalue weighted by molar-refractivity contribution is 5.88. The van der Waals surface area contributed by atoms with E-state index in [-0.39, 0.29) is 5.56 Å². The Hall–Kier alpha value is -1.71. The Labute approximate surface area is 126 Å². The van der Waals surface area contributed by atoms with Crippen LogP contribution in [0.1, 0.15) is 49.4 Å². The topological polar surface area (TPSA) is 55.8 Å². The van der Waals surface area contributed by atoms with Crippen molar-refractivity contribution in [3.63, 3.8) is 0 Å². The number of carboxylic acids is 1. The number of methoxy groups -OCH3 is 1. The van der Waals surface area contributed by atoms with Crippen molar-refractivity contribution in [1.82, 2.24) is 0 Å². The van der Waals surface area contributed by atoms with E-state index >= 15 is 0 Å². The molecule has 0 saturated heterocycles. The molecule has 1 saturated carbocycles. The number of aromatic carboxylic acids is 1. The number of carboxylic acid groups (broad SMARTS) is 1. The van der Waals surface area contributed by atoms with Crippen LogP contribution in [0.3, 0.4) is 0 Å². The van der Waals surface area contributed by atoms with Gasteiger partial charge in [0.25, 0.3) is 0 Å². The molecule has 0 amide bonds. The van der Waals surface area contributed by atoms with Crippen LogP contribution in [0.5, 0.6) is 11.5 Å². The van der Waals surface area contributed by atoms with Gasteiger partial charge in [0.05, 0.1) is 19.3 Å². The van der Waals surface area contributed by atoms with Crippen LogP contribution >= 0.6 is 0 Å². The maximum absolute atomic E-state index is 11.0. The first-order valence-corrected chi connectivity index (χ1v) is 7.64. The highest BCUT2D eigenvalue weighted by atomic mass is 16.5. The third-order valence-electron chi connectivity index (χ3n) is 4.24. The van der Waals surface area contributed by atoms with Gasteiger partial charge < -0.3 is 14.6 Å². The lowest BCUT2D eigenvalue weighted by molar-refractivity contribution is 0.0696. The van der Waals surface area contributed by atoms with Gasteiger partial charge in [-0.15, -0.1) is 0 Å². The quantitative estimate of drug-likeness (QED) is 0.861. The Morgan fingerprint density at radius 1 is 1.33 bits per heavy atom. The van der Waals surface area contributed by atoms with E-state index in [0.717, 1.165) is 18.3 Å². The summed E-state index contributed by atoms with van der Waals surface area (Å²) >= 11 is 0. The molecule has 0 aliphatic heterocycles. The maximum Gasteiger partial charge on any atom is 0.335 e. The Balaban J connectivity index is 1.92. The first-order chi connectivity index (χ1) is 10.1. The molecule has 2 rings (SSSR count). The molecule has 4 heteroatoms. The summed E-state index contributed by atoms with van der Waals surface area (Å²) in [6, 6.07) is 4.70. The molecule has 1 aliphatic carbocycles. The van der Waals surface area contributed by atoms with Gasteiger partial charge in [-0.3, -0.25) is 0 Å². The SMILES string of the molecule is COc1ccc(C(=O)O)cc1OCCC1CCCC(C)C1. The summed E-state index contributed by atoms with van der Waals surface area (Å²) < 4.78 is 11.0. The van der Waals surface area contributed by atoms with Gasteiger partial charge in [0.1, 0.15) is 0 Å². The first-order valence-electron chi connectivity index (χ1n) is 7.64. The fourth-order valence-electron chi connectivity index (χ4n) is 3.08. The average Bonchev–Trinajstić information content (AvgIpc) is 2.47. The van der Waals surface area contributed by atoms with E-state index in [0.29, 0.717) is 18.1 Å². The van der Waals surface area contributed by atoms with E-state index in [1.54, 1.807) is 13.2 Å². The highest BCUT2D eigenvalue weighted by Gasteiger charge is 2.19. The Kier molecular flexibility index (Phi) is 5.48. The highest BCUT2D eigenvalue weighted by Crippen LogP contribution is 2.32. The van der Waals surface area contributed by atoms with E-state index in [2.05, 4.69) is 6.92 Å². The zero-order valence-electron chi connectivity index (χ0n) is 12.8. The van der Waals surface area contributed by atoms with Crippen molar-refractivity contribution >= 4 is 5.97 Å². The van der Waals surface area contributed by atoms with E-state index < -0.39 is 5.97 Å². The number of benzene rings is 1. The molecule has 2 unspecified atom stereocenters. The number of ether oxygens (including phenoxy) is 2. The molecule has 2 atom stereocenters. The summed E-state index contributed by atoms with van der Waals surface area (Å²) in [7, 11) is 1.56. The summed E-state index contributed by atoms with van der Waals surface area (Å²) in [5, 5.41) is 9.03. The largest absolute Gasteiger partial charge is 0.493 e. The zero-order chi connectivity index (χ0) is 15.2. The number of hydrogen-bond acceptors (Lipinski definition) is 3. The van der Waals surface area contributed by atoms with Gasteiger partial charge in [0, 0.05) is 0 Å². The molecule has 1 fully saturated rings. The molecule has 0 aromatic heterocycles. The predicted molar refractivity (Wildman–Crippen MR) is 81.2 cm³/mol. The second-order valence-electron chi connectivity index (χ2n) is 5.95. The van der Waals surface area contributed by atoms with Crippen molar-refractivity contribution in [3.8, 4) is 11.5 Å². The summed E-state index contributed by atoms with van der Waals surface area (Å²) in [6.45, 7) is 2.92. The van der Waals surface area contributed by atoms with Gasteiger partial charge in [-0.25, -0.2) is 4.79 Å². The second-order valence-corrected chi connectivity index (χ2v) is 5.95. The van der Waals surface area contributed by atoms with Crippen LogP contribution in [0.15, 0.2) is 18.2 Å². The molecule has 4 nitrogen and oxygen atoms in total. The zero-order valence-corrected chi connectivity index (χ0v) is 12.8. The number of rotatable bonds is 6. The third-order valence-corrected chi connectivity index (χ3v) is 4.24. The molecular formula is C17H24O4. The molecule has 0 radical (unpaired) electrons. The van der Waals surface area contributed by atoms with Crippen molar-refractivity contribution < 1.29 is 19.4 Å². The van der Waals surface area contributed by atoms with Crippen molar-refractivity contribution in [2.45, 2.75) is 39.0 Å². The fourth-order valence-corrected chi connectivity index (χ4v) is 3.08. The van der Waals surface area contributed by atoms with Crippen LogP contribution in [0.4, 0.5) is 0 Å². The first kappa shape index (κ1) is 15.7. The van der Waals surface area contributed by atoms with Crippen LogP contribution in [-0.4, -0.2) is 24.8 Å². The lowest BCUT2D eigenvalue weighted by Crippen LogP contribution is -2.16. The molecule has 0 spiro atoms. The van der Waals surface area contributed by atoms with Gasteiger partial charge in [0.2, 0.25) is 0 Å². The second kappa shape index (κ2) is 7.34. The molecule has 1 aliphatic rings. The average molecular weight is 292 g/mol. The van der Waals surface area contributed by atoms with Crippen molar-refractivity contribution in [1.29, 1.82) is 0 Å².